The molecule has 4 nitrogen and oxygen atoms in total. The van der Waals surface area contributed by atoms with Crippen LogP contribution in [0.25, 0.3) is 11.0 Å². The quantitative estimate of drug-likeness (QED) is 0.656. The van der Waals surface area contributed by atoms with Gasteiger partial charge in [-0.15, -0.1) is 0 Å². The van der Waals surface area contributed by atoms with Gasteiger partial charge < -0.3 is 9.15 Å². The summed E-state index contributed by atoms with van der Waals surface area (Å²) in [6.45, 7) is 2.85. The smallest absolute Gasteiger partial charge is 0.134 e. The molecule has 1 aromatic heterocycles. The van der Waals surface area contributed by atoms with E-state index >= 15 is 0 Å². The molecule has 1 aliphatic rings. The molecule has 2 heterocycles. The fourth-order valence-corrected chi connectivity index (χ4v) is 2.49. The number of hydrogen-bond acceptors (Lipinski definition) is 4. The van der Waals surface area contributed by atoms with Crippen LogP contribution >= 0.6 is 0 Å². The Balaban J connectivity index is 1.98. The van der Waals surface area contributed by atoms with Gasteiger partial charge in [0.2, 0.25) is 0 Å². The Labute approximate surface area is 112 Å². The maximum Gasteiger partial charge on any atom is 0.134 e. The maximum absolute atomic E-state index is 5.89. The van der Waals surface area contributed by atoms with Crippen LogP contribution in [0, 0.1) is 6.92 Å². The number of aryl methyl sites for hydroxylation is 1. The summed E-state index contributed by atoms with van der Waals surface area (Å²) in [7, 11) is 0. The summed E-state index contributed by atoms with van der Waals surface area (Å²) in [5, 5.41) is 1.10. The molecule has 0 fully saturated rings. The molecule has 1 aliphatic heterocycles. The summed E-state index contributed by atoms with van der Waals surface area (Å²) >= 11 is 0. The van der Waals surface area contributed by atoms with E-state index in [2.05, 4.69) is 18.4 Å². The molecule has 19 heavy (non-hydrogen) atoms. The minimum Gasteiger partial charge on any atom is -0.501 e. The topological polar surface area (TPSA) is 60.4 Å². The Kier molecular flexibility index (Phi) is 3.27. The molecule has 0 amide bonds. The van der Waals surface area contributed by atoms with Gasteiger partial charge in [0.15, 0.2) is 0 Å². The second-order valence-corrected chi connectivity index (χ2v) is 4.96. The Hall–Kier alpha value is -1.78. The predicted molar refractivity (Wildman–Crippen MR) is 74.3 cm³/mol. The number of ether oxygens (including phenoxy) is 1. The van der Waals surface area contributed by atoms with E-state index in [0.29, 0.717) is 0 Å². The van der Waals surface area contributed by atoms with Gasteiger partial charge in [0.05, 0.1) is 12.9 Å². The van der Waals surface area contributed by atoms with Crippen LogP contribution in [0.5, 0.6) is 0 Å². The van der Waals surface area contributed by atoms with E-state index in [0.717, 1.165) is 41.8 Å². The number of furan rings is 1. The van der Waals surface area contributed by atoms with Crippen molar-refractivity contribution in [3.05, 3.63) is 47.4 Å². The van der Waals surface area contributed by atoms with E-state index in [1.165, 1.54) is 5.56 Å². The third kappa shape index (κ3) is 2.37. The van der Waals surface area contributed by atoms with Gasteiger partial charge in [-0.2, -0.15) is 0 Å². The number of fused-ring (bicyclic) bond motifs is 1. The zero-order valence-electron chi connectivity index (χ0n) is 11.0. The fraction of sp³-hybridized carbons (Fsp3) is 0.333. The van der Waals surface area contributed by atoms with Crippen LogP contribution in [0.4, 0.5) is 0 Å². The Bertz CT molecular complexity index is 616. The molecule has 3 N–H and O–H groups in total. The number of nitrogens with one attached hydrogen (secondary N) is 1. The second kappa shape index (κ2) is 5.07. The lowest BCUT2D eigenvalue weighted by molar-refractivity contribution is 0.218. The highest BCUT2D eigenvalue weighted by molar-refractivity contribution is 5.78. The summed E-state index contributed by atoms with van der Waals surface area (Å²) in [5.74, 6) is 6.51. The molecule has 0 saturated carbocycles. The van der Waals surface area contributed by atoms with E-state index in [1.54, 1.807) is 6.26 Å². The number of hydrogen-bond donors (Lipinski definition) is 2. The van der Waals surface area contributed by atoms with Crippen molar-refractivity contribution in [1.82, 2.24) is 5.43 Å². The summed E-state index contributed by atoms with van der Waals surface area (Å²) in [5.41, 5.74) is 6.06. The summed E-state index contributed by atoms with van der Waals surface area (Å²) in [6.07, 6.45) is 3.79. The zero-order chi connectivity index (χ0) is 13.2. The molecule has 1 aromatic carbocycles. The molecule has 4 heteroatoms. The summed E-state index contributed by atoms with van der Waals surface area (Å²) < 4.78 is 11.3. The van der Waals surface area contributed by atoms with Crippen LogP contribution in [0.3, 0.4) is 0 Å². The molecular formula is C15H18N2O2. The van der Waals surface area contributed by atoms with Crippen molar-refractivity contribution in [2.75, 3.05) is 6.61 Å². The van der Waals surface area contributed by atoms with E-state index in [9.17, 15) is 0 Å². The average Bonchev–Trinajstić information content (AvgIpc) is 2.83. The number of hydrazine groups is 1. The van der Waals surface area contributed by atoms with Gasteiger partial charge in [-0.05, 0) is 43.5 Å². The maximum atomic E-state index is 5.89. The first-order valence-corrected chi connectivity index (χ1v) is 6.54. The molecule has 0 spiro atoms. The van der Waals surface area contributed by atoms with Crippen LogP contribution in [-0.4, -0.2) is 6.61 Å². The first-order valence-electron chi connectivity index (χ1n) is 6.54. The Morgan fingerprint density at radius 1 is 1.32 bits per heavy atom. The molecular weight excluding hydrogens is 240 g/mol. The highest BCUT2D eigenvalue weighted by Gasteiger charge is 2.21. The van der Waals surface area contributed by atoms with E-state index < -0.39 is 0 Å². The molecule has 100 valence electrons. The lowest BCUT2D eigenvalue weighted by Crippen LogP contribution is -2.30. The molecule has 0 aliphatic carbocycles. The van der Waals surface area contributed by atoms with Crippen LogP contribution < -0.4 is 11.3 Å². The first-order chi connectivity index (χ1) is 9.28. The first kappa shape index (κ1) is 12.3. The van der Waals surface area contributed by atoms with E-state index in [1.807, 2.05) is 18.2 Å². The third-order valence-electron chi connectivity index (χ3n) is 3.48. The molecule has 2 aromatic rings. The van der Waals surface area contributed by atoms with Crippen molar-refractivity contribution < 1.29 is 9.15 Å². The third-order valence-corrected chi connectivity index (χ3v) is 3.48. The van der Waals surface area contributed by atoms with Gasteiger partial charge in [0.25, 0.3) is 0 Å². The monoisotopic (exact) mass is 258 g/mol. The zero-order valence-corrected chi connectivity index (χ0v) is 11.0. The average molecular weight is 258 g/mol. The summed E-state index contributed by atoms with van der Waals surface area (Å²) in [4.78, 5) is 0. The van der Waals surface area contributed by atoms with Crippen molar-refractivity contribution in [3.63, 3.8) is 0 Å². The molecule has 0 saturated heterocycles. The van der Waals surface area contributed by atoms with E-state index in [4.69, 9.17) is 15.0 Å². The SMILES string of the molecule is Cc1ccc2oc(C(NN)C3=COCCC3)cc2c1. The fourth-order valence-electron chi connectivity index (χ4n) is 2.49. The van der Waals surface area contributed by atoms with Crippen molar-refractivity contribution in [1.29, 1.82) is 0 Å². The van der Waals surface area contributed by atoms with Crippen LogP contribution in [0.2, 0.25) is 0 Å². The second-order valence-electron chi connectivity index (χ2n) is 4.96. The van der Waals surface area contributed by atoms with Crippen molar-refractivity contribution >= 4 is 11.0 Å². The molecule has 3 rings (SSSR count). The Morgan fingerprint density at radius 2 is 2.21 bits per heavy atom. The number of nitrogens with two attached hydrogens (primary N) is 1. The molecule has 1 unspecified atom stereocenters. The van der Waals surface area contributed by atoms with Gasteiger partial charge in [0.1, 0.15) is 17.4 Å². The van der Waals surface area contributed by atoms with Gasteiger partial charge in [-0.3, -0.25) is 5.84 Å². The standard InChI is InChI=1S/C15H18N2O2/c1-10-4-5-13-12(7-10)8-14(19-13)15(17-16)11-3-2-6-18-9-11/h4-5,7-9,15,17H,2-3,6,16H2,1H3. The summed E-state index contributed by atoms with van der Waals surface area (Å²) in [6, 6.07) is 8.08. The molecule has 0 radical (unpaired) electrons. The number of rotatable bonds is 3. The van der Waals surface area contributed by atoms with Crippen molar-refractivity contribution in [2.24, 2.45) is 5.84 Å². The normalized spacial score (nSPS) is 17.1. The largest absolute Gasteiger partial charge is 0.501 e. The van der Waals surface area contributed by atoms with Gasteiger partial charge in [-0.1, -0.05) is 11.6 Å². The Morgan fingerprint density at radius 3 is 2.95 bits per heavy atom. The van der Waals surface area contributed by atoms with Gasteiger partial charge >= 0.3 is 0 Å². The van der Waals surface area contributed by atoms with E-state index in [-0.39, 0.29) is 6.04 Å². The number of benzene rings is 1. The van der Waals surface area contributed by atoms with Gasteiger partial charge in [0, 0.05) is 5.39 Å². The minimum absolute atomic E-state index is 0.118. The van der Waals surface area contributed by atoms with Crippen molar-refractivity contribution in [2.45, 2.75) is 25.8 Å². The van der Waals surface area contributed by atoms with Crippen molar-refractivity contribution in [3.8, 4) is 0 Å². The highest BCUT2D eigenvalue weighted by atomic mass is 16.5. The molecule has 0 bridgehead atoms. The van der Waals surface area contributed by atoms with Crippen LogP contribution in [0.1, 0.15) is 30.2 Å². The predicted octanol–water partition coefficient (Wildman–Crippen LogP) is 2.94. The molecule has 1 atom stereocenters. The lowest BCUT2D eigenvalue weighted by atomic mass is 10.0. The van der Waals surface area contributed by atoms with Gasteiger partial charge in [-0.25, -0.2) is 5.43 Å². The lowest BCUT2D eigenvalue weighted by Gasteiger charge is -2.20. The highest BCUT2D eigenvalue weighted by Crippen LogP contribution is 2.31. The van der Waals surface area contributed by atoms with Crippen LogP contribution in [-0.2, 0) is 4.74 Å². The van der Waals surface area contributed by atoms with Crippen LogP contribution in [0.15, 0.2) is 40.5 Å². The minimum atomic E-state index is -0.118.